The summed E-state index contributed by atoms with van der Waals surface area (Å²) >= 11 is 1.01. The SMILES string of the molecule is C=CCOC(=O)c1sc(N2C(=O)c3oc4ccccc4c(=O)c3C2c2ccc(OCCC)c(OCC)c2)nc1C. The Morgan fingerprint density at radius 1 is 1.15 bits per heavy atom. The third-order valence-corrected chi connectivity index (χ3v) is 7.47. The summed E-state index contributed by atoms with van der Waals surface area (Å²) in [4.78, 5) is 46.6. The Kier molecular flexibility index (Phi) is 7.70. The highest BCUT2D eigenvalue weighted by atomic mass is 32.1. The molecule has 0 saturated carbocycles. The van der Waals surface area contributed by atoms with E-state index in [1.165, 1.54) is 11.0 Å². The molecule has 0 radical (unpaired) electrons. The smallest absolute Gasteiger partial charge is 0.350 e. The van der Waals surface area contributed by atoms with Crippen LogP contribution in [0.3, 0.4) is 0 Å². The van der Waals surface area contributed by atoms with Gasteiger partial charge in [0.1, 0.15) is 17.1 Å². The van der Waals surface area contributed by atoms with E-state index < -0.39 is 17.9 Å². The lowest BCUT2D eigenvalue weighted by atomic mass is 9.98. The van der Waals surface area contributed by atoms with Gasteiger partial charge >= 0.3 is 5.97 Å². The number of fused-ring (bicyclic) bond motifs is 2. The zero-order valence-corrected chi connectivity index (χ0v) is 23.2. The molecule has 1 atom stereocenters. The van der Waals surface area contributed by atoms with Crippen molar-refractivity contribution in [3.05, 3.63) is 92.8 Å². The molecule has 1 amide bonds. The van der Waals surface area contributed by atoms with Gasteiger partial charge in [0.25, 0.3) is 5.91 Å². The predicted octanol–water partition coefficient (Wildman–Crippen LogP) is 5.84. The van der Waals surface area contributed by atoms with Crippen molar-refractivity contribution in [1.82, 2.24) is 4.98 Å². The highest BCUT2D eigenvalue weighted by Gasteiger charge is 2.45. The number of para-hydroxylation sites is 1. The maximum atomic E-state index is 13.9. The highest BCUT2D eigenvalue weighted by Crippen LogP contribution is 2.45. The first-order valence-corrected chi connectivity index (χ1v) is 13.7. The molecule has 1 unspecified atom stereocenters. The van der Waals surface area contributed by atoms with E-state index >= 15 is 0 Å². The first-order valence-electron chi connectivity index (χ1n) is 12.9. The number of hydrogen-bond acceptors (Lipinski definition) is 9. The van der Waals surface area contributed by atoms with Gasteiger partial charge in [0.15, 0.2) is 22.1 Å². The van der Waals surface area contributed by atoms with Crippen molar-refractivity contribution in [2.45, 2.75) is 33.2 Å². The van der Waals surface area contributed by atoms with Crippen LogP contribution in [0.4, 0.5) is 5.13 Å². The molecular weight excluding hydrogens is 532 g/mol. The Balaban J connectivity index is 1.70. The van der Waals surface area contributed by atoms with Gasteiger partial charge in [0.2, 0.25) is 5.76 Å². The lowest BCUT2D eigenvalue weighted by molar-refractivity contribution is 0.0554. The van der Waals surface area contributed by atoms with Crippen molar-refractivity contribution < 1.29 is 28.2 Å². The molecule has 0 bridgehead atoms. The molecule has 10 heteroatoms. The van der Waals surface area contributed by atoms with E-state index in [1.807, 2.05) is 13.8 Å². The first-order chi connectivity index (χ1) is 19.4. The van der Waals surface area contributed by atoms with Gasteiger partial charge < -0.3 is 18.6 Å². The number of thiazole rings is 1. The zero-order valence-electron chi connectivity index (χ0n) is 22.4. The fourth-order valence-corrected chi connectivity index (χ4v) is 5.59. The van der Waals surface area contributed by atoms with Gasteiger partial charge in [-0.1, -0.05) is 49.1 Å². The summed E-state index contributed by atoms with van der Waals surface area (Å²) in [5.41, 5.74) is 1.19. The minimum atomic E-state index is -0.884. The van der Waals surface area contributed by atoms with Crippen LogP contribution in [0.15, 0.2) is 64.3 Å². The minimum absolute atomic E-state index is 0.0416. The number of aromatic nitrogens is 1. The van der Waals surface area contributed by atoms with Crippen LogP contribution in [-0.2, 0) is 4.74 Å². The van der Waals surface area contributed by atoms with Gasteiger partial charge in [0, 0.05) is 0 Å². The van der Waals surface area contributed by atoms with Gasteiger partial charge in [-0.3, -0.25) is 14.5 Å². The van der Waals surface area contributed by atoms with Crippen molar-refractivity contribution in [3.63, 3.8) is 0 Å². The molecule has 9 nitrogen and oxygen atoms in total. The predicted molar refractivity (Wildman–Crippen MR) is 152 cm³/mol. The van der Waals surface area contributed by atoms with Crippen LogP contribution in [-0.4, -0.2) is 36.7 Å². The molecule has 40 heavy (non-hydrogen) atoms. The van der Waals surface area contributed by atoms with E-state index in [1.54, 1.807) is 49.4 Å². The van der Waals surface area contributed by atoms with Gasteiger partial charge in [-0.2, -0.15) is 0 Å². The quantitative estimate of drug-likeness (QED) is 0.176. The number of amides is 1. The van der Waals surface area contributed by atoms with E-state index in [0.717, 1.165) is 17.8 Å². The molecule has 0 spiro atoms. The summed E-state index contributed by atoms with van der Waals surface area (Å²) in [5, 5.41) is 0.593. The number of aryl methyl sites for hydroxylation is 1. The third-order valence-electron chi connectivity index (χ3n) is 6.33. The van der Waals surface area contributed by atoms with Crippen LogP contribution in [0.5, 0.6) is 11.5 Å². The second kappa shape index (κ2) is 11.4. The van der Waals surface area contributed by atoms with Crippen molar-refractivity contribution in [3.8, 4) is 11.5 Å². The van der Waals surface area contributed by atoms with Crippen LogP contribution < -0.4 is 19.8 Å². The molecule has 0 aliphatic carbocycles. The Hall–Kier alpha value is -4.44. The Bertz CT molecular complexity index is 1670. The van der Waals surface area contributed by atoms with Crippen LogP contribution >= 0.6 is 11.3 Å². The van der Waals surface area contributed by atoms with Gasteiger partial charge in [-0.05, 0) is 50.1 Å². The van der Waals surface area contributed by atoms with Crippen LogP contribution in [0.2, 0.25) is 0 Å². The summed E-state index contributed by atoms with van der Waals surface area (Å²) in [7, 11) is 0. The molecule has 2 aromatic carbocycles. The Labute approximate surface area is 234 Å². The molecule has 2 aromatic heterocycles. The third kappa shape index (κ3) is 4.75. The monoisotopic (exact) mass is 560 g/mol. The second-order valence-corrected chi connectivity index (χ2v) is 10.0. The largest absolute Gasteiger partial charge is 0.490 e. The van der Waals surface area contributed by atoms with Gasteiger partial charge in [-0.15, -0.1) is 0 Å². The maximum Gasteiger partial charge on any atom is 0.350 e. The number of hydrogen-bond donors (Lipinski definition) is 0. The summed E-state index contributed by atoms with van der Waals surface area (Å²) in [5.74, 6) is -0.124. The van der Waals surface area contributed by atoms with E-state index in [4.69, 9.17) is 18.6 Å². The van der Waals surface area contributed by atoms with Crippen LogP contribution in [0.1, 0.15) is 63.4 Å². The number of esters is 1. The molecule has 5 rings (SSSR count). The molecule has 4 aromatic rings. The molecule has 206 valence electrons. The number of anilines is 1. The molecule has 3 heterocycles. The minimum Gasteiger partial charge on any atom is -0.490 e. The summed E-state index contributed by atoms with van der Waals surface area (Å²) in [6.07, 6.45) is 2.29. The van der Waals surface area contributed by atoms with Crippen molar-refractivity contribution in [2.75, 3.05) is 24.7 Å². The molecule has 0 fully saturated rings. The van der Waals surface area contributed by atoms with Crippen LogP contribution in [0, 0.1) is 6.92 Å². The average Bonchev–Trinajstić information content (AvgIpc) is 3.48. The highest BCUT2D eigenvalue weighted by molar-refractivity contribution is 7.17. The average molecular weight is 561 g/mol. The summed E-state index contributed by atoms with van der Waals surface area (Å²) < 4.78 is 23.0. The van der Waals surface area contributed by atoms with E-state index in [-0.39, 0.29) is 33.4 Å². The molecule has 0 saturated heterocycles. The maximum absolute atomic E-state index is 13.9. The Morgan fingerprint density at radius 2 is 1.95 bits per heavy atom. The van der Waals surface area contributed by atoms with E-state index in [2.05, 4.69) is 11.6 Å². The molecule has 1 aliphatic rings. The summed E-state index contributed by atoms with van der Waals surface area (Å²) in [6.45, 7) is 10.0. The van der Waals surface area contributed by atoms with Crippen molar-refractivity contribution >= 4 is 39.3 Å². The van der Waals surface area contributed by atoms with E-state index in [0.29, 0.717) is 46.9 Å². The fraction of sp³-hybridized carbons (Fsp3) is 0.267. The Morgan fingerprint density at radius 3 is 2.70 bits per heavy atom. The van der Waals surface area contributed by atoms with Gasteiger partial charge in [-0.25, -0.2) is 9.78 Å². The number of nitrogens with zero attached hydrogens (tertiary/aromatic N) is 2. The van der Waals surface area contributed by atoms with Crippen LogP contribution in [0.25, 0.3) is 11.0 Å². The van der Waals surface area contributed by atoms with Gasteiger partial charge in [0.05, 0.1) is 35.9 Å². The van der Waals surface area contributed by atoms with E-state index in [9.17, 15) is 14.4 Å². The normalized spacial score (nSPS) is 14.3. The lowest BCUT2D eigenvalue weighted by Gasteiger charge is -2.23. The number of carbonyl (C=O) groups is 2. The molecule has 0 N–H and O–H groups in total. The fourth-order valence-electron chi connectivity index (χ4n) is 4.60. The van der Waals surface area contributed by atoms with Crippen molar-refractivity contribution in [1.29, 1.82) is 0 Å². The zero-order chi connectivity index (χ0) is 28.4. The number of benzene rings is 2. The number of ether oxygens (including phenoxy) is 3. The lowest BCUT2D eigenvalue weighted by Crippen LogP contribution is -2.29. The first kappa shape index (κ1) is 27.1. The topological polar surface area (TPSA) is 108 Å². The molecular formula is C30H28N2O7S. The van der Waals surface area contributed by atoms with Crippen molar-refractivity contribution in [2.24, 2.45) is 0 Å². The second-order valence-electron chi connectivity index (χ2n) is 9.03. The number of carbonyl (C=O) groups excluding carboxylic acids is 2. The summed E-state index contributed by atoms with van der Waals surface area (Å²) in [6, 6.07) is 11.2. The molecule has 1 aliphatic heterocycles. The standard InChI is InChI=1S/C30H28N2O7S/c1-5-14-37-21-13-12-18(16-22(21)36-7-3)24-23-25(33)19-10-8-9-11-20(19)39-26(23)28(34)32(24)30-31-17(4)27(40-30)29(35)38-15-6-2/h6,8-13,16,24H,2,5,7,14-15H2,1,3-4H3. The number of rotatable bonds is 10.